The summed E-state index contributed by atoms with van der Waals surface area (Å²) in [4.78, 5) is 0. The molecule has 0 spiro atoms. The molecule has 0 fully saturated rings. The molecule has 0 heterocycles. The smallest absolute Gasteiger partial charge is 0.127 e. The van der Waals surface area contributed by atoms with Gasteiger partial charge in [-0.05, 0) is 24.6 Å². The molecule has 0 aliphatic rings. The lowest BCUT2D eigenvalue weighted by molar-refractivity contribution is 0.544. The van der Waals surface area contributed by atoms with Crippen molar-refractivity contribution in [2.75, 3.05) is 0 Å². The minimum absolute atomic E-state index is 0.0818. The van der Waals surface area contributed by atoms with Crippen LogP contribution < -0.4 is 5.32 Å². The van der Waals surface area contributed by atoms with Crippen molar-refractivity contribution in [3.63, 3.8) is 0 Å². The minimum atomic E-state index is -0.184. The first-order valence-corrected chi connectivity index (χ1v) is 6.27. The summed E-state index contributed by atoms with van der Waals surface area (Å²) in [7, 11) is 0. The molecule has 1 N–H and O–H groups in total. The van der Waals surface area contributed by atoms with E-state index >= 15 is 0 Å². The third-order valence-corrected chi connectivity index (χ3v) is 3.27. The van der Waals surface area contributed by atoms with Crippen LogP contribution in [-0.4, -0.2) is 0 Å². The lowest BCUT2D eigenvalue weighted by Crippen LogP contribution is -2.19. The predicted molar refractivity (Wildman–Crippen MR) is 73.1 cm³/mol. The summed E-state index contributed by atoms with van der Waals surface area (Å²) in [6, 6.07) is 14.5. The first kappa shape index (κ1) is 13.1. The molecule has 2 aromatic carbocycles. The molecule has 0 saturated heterocycles. The molecule has 0 saturated carbocycles. The lowest BCUT2D eigenvalue weighted by atomic mass is 10.1. The monoisotopic (exact) mass is 263 g/mol. The maximum atomic E-state index is 13.5. The van der Waals surface area contributed by atoms with Crippen molar-refractivity contribution in [1.29, 1.82) is 0 Å². The average molecular weight is 264 g/mol. The summed E-state index contributed by atoms with van der Waals surface area (Å²) in [5, 5.41) is 4.00. The molecule has 2 rings (SSSR count). The van der Waals surface area contributed by atoms with Crippen LogP contribution in [0.4, 0.5) is 4.39 Å². The number of hydrogen-bond donors (Lipinski definition) is 1. The predicted octanol–water partition coefficient (Wildman–Crippen LogP) is 4.33. The van der Waals surface area contributed by atoms with Crippen molar-refractivity contribution >= 4 is 11.6 Å². The molecule has 0 amide bonds. The molecular weight excluding hydrogens is 249 g/mol. The molecule has 0 aliphatic heterocycles. The topological polar surface area (TPSA) is 12.0 Å². The molecule has 3 heteroatoms. The summed E-state index contributed by atoms with van der Waals surface area (Å²) in [5.74, 6) is -0.184. The number of rotatable bonds is 4. The maximum absolute atomic E-state index is 13.5. The molecule has 0 aliphatic carbocycles. The van der Waals surface area contributed by atoms with Gasteiger partial charge in [0.1, 0.15) is 5.82 Å². The van der Waals surface area contributed by atoms with Crippen molar-refractivity contribution in [2.24, 2.45) is 0 Å². The standard InChI is InChI=1S/C15H15ClFN/c1-11(13-7-3-4-8-14(13)16)18-10-12-6-2-5-9-15(12)17/h2-9,11,18H,10H2,1H3/t11-/m0/s1. The zero-order valence-electron chi connectivity index (χ0n) is 10.2. The van der Waals surface area contributed by atoms with E-state index in [4.69, 9.17) is 11.6 Å². The Hall–Kier alpha value is -1.38. The summed E-state index contributed by atoms with van der Waals surface area (Å²) >= 11 is 6.12. The van der Waals surface area contributed by atoms with Gasteiger partial charge in [-0.25, -0.2) is 4.39 Å². The SMILES string of the molecule is C[C@H](NCc1ccccc1F)c1ccccc1Cl. The number of halogens is 2. The largest absolute Gasteiger partial charge is 0.306 e. The van der Waals surface area contributed by atoms with Crippen LogP contribution in [0.15, 0.2) is 48.5 Å². The highest BCUT2D eigenvalue weighted by Gasteiger charge is 2.09. The Kier molecular flexibility index (Phi) is 4.34. The van der Waals surface area contributed by atoms with E-state index in [1.165, 1.54) is 6.07 Å². The normalized spacial score (nSPS) is 12.4. The van der Waals surface area contributed by atoms with E-state index in [9.17, 15) is 4.39 Å². The van der Waals surface area contributed by atoms with Crippen LogP contribution in [0.25, 0.3) is 0 Å². The molecular formula is C15H15ClFN. The van der Waals surface area contributed by atoms with Gasteiger partial charge in [0.15, 0.2) is 0 Å². The Bertz CT molecular complexity index is 527. The van der Waals surface area contributed by atoms with Gasteiger partial charge in [-0.1, -0.05) is 48.0 Å². The molecule has 0 unspecified atom stereocenters. The van der Waals surface area contributed by atoms with E-state index in [2.05, 4.69) is 5.32 Å². The second-order valence-corrected chi connectivity index (χ2v) is 4.62. The van der Waals surface area contributed by atoms with E-state index < -0.39 is 0 Å². The van der Waals surface area contributed by atoms with E-state index in [1.807, 2.05) is 37.3 Å². The van der Waals surface area contributed by atoms with E-state index in [0.717, 1.165) is 10.6 Å². The van der Waals surface area contributed by atoms with Gasteiger partial charge in [0, 0.05) is 23.2 Å². The molecule has 1 nitrogen and oxygen atoms in total. The number of benzene rings is 2. The lowest BCUT2D eigenvalue weighted by Gasteiger charge is -2.15. The van der Waals surface area contributed by atoms with Crippen molar-refractivity contribution in [2.45, 2.75) is 19.5 Å². The Morgan fingerprint density at radius 1 is 1.11 bits per heavy atom. The third-order valence-electron chi connectivity index (χ3n) is 2.93. The average Bonchev–Trinajstić information content (AvgIpc) is 2.38. The van der Waals surface area contributed by atoms with Gasteiger partial charge >= 0.3 is 0 Å². The summed E-state index contributed by atoms with van der Waals surface area (Å²) in [6.07, 6.45) is 0. The van der Waals surface area contributed by atoms with Crippen LogP contribution in [0, 0.1) is 5.82 Å². The quantitative estimate of drug-likeness (QED) is 0.866. The van der Waals surface area contributed by atoms with Gasteiger partial charge in [-0.15, -0.1) is 0 Å². The first-order chi connectivity index (χ1) is 8.68. The van der Waals surface area contributed by atoms with Crippen molar-refractivity contribution in [3.8, 4) is 0 Å². The molecule has 0 aromatic heterocycles. The fourth-order valence-electron chi connectivity index (χ4n) is 1.84. The molecule has 0 bridgehead atoms. The molecule has 0 radical (unpaired) electrons. The second-order valence-electron chi connectivity index (χ2n) is 4.22. The van der Waals surface area contributed by atoms with Crippen LogP contribution in [0.2, 0.25) is 5.02 Å². The van der Waals surface area contributed by atoms with Crippen LogP contribution in [0.5, 0.6) is 0 Å². The Labute approximate surface area is 112 Å². The highest BCUT2D eigenvalue weighted by atomic mass is 35.5. The van der Waals surface area contributed by atoms with Crippen molar-refractivity contribution in [3.05, 3.63) is 70.5 Å². The number of nitrogens with one attached hydrogen (secondary N) is 1. The summed E-state index contributed by atoms with van der Waals surface area (Å²) in [6.45, 7) is 2.50. The summed E-state index contributed by atoms with van der Waals surface area (Å²) < 4.78 is 13.5. The highest BCUT2D eigenvalue weighted by Crippen LogP contribution is 2.22. The van der Waals surface area contributed by atoms with Crippen molar-refractivity contribution in [1.82, 2.24) is 5.32 Å². The third kappa shape index (κ3) is 3.09. The fourth-order valence-corrected chi connectivity index (χ4v) is 2.14. The van der Waals surface area contributed by atoms with E-state index in [1.54, 1.807) is 12.1 Å². The van der Waals surface area contributed by atoms with Gasteiger partial charge in [0.2, 0.25) is 0 Å². The maximum Gasteiger partial charge on any atom is 0.127 e. The summed E-state index contributed by atoms with van der Waals surface area (Å²) in [5.41, 5.74) is 1.69. The van der Waals surface area contributed by atoms with Crippen molar-refractivity contribution < 1.29 is 4.39 Å². The Morgan fingerprint density at radius 2 is 1.78 bits per heavy atom. The first-order valence-electron chi connectivity index (χ1n) is 5.89. The van der Waals surface area contributed by atoms with Gasteiger partial charge < -0.3 is 5.32 Å². The number of hydrogen-bond acceptors (Lipinski definition) is 1. The zero-order valence-corrected chi connectivity index (χ0v) is 10.9. The minimum Gasteiger partial charge on any atom is -0.306 e. The van der Waals surface area contributed by atoms with Crippen LogP contribution >= 0.6 is 11.6 Å². The van der Waals surface area contributed by atoms with Crippen LogP contribution in [0.3, 0.4) is 0 Å². The molecule has 18 heavy (non-hydrogen) atoms. The van der Waals surface area contributed by atoms with Gasteiger partial charge in [0.25, 0.3) is 0 Å². The van der Waals surface area contributed by atoms with E-state index in [0.29, 0.717) is 12.1 Å². The fraction of sp³-hybridized carbons (Fsp3) is 0.200. The van der Waals surface area contributed by atoms with Gasteiger partial charge in [-0.2, -0.15) is 0 Å². The van der Waals surface area contributed by atoms with Crippen LogP contribution in [-0.2, 0) is 6.54 Å². The van der Waals surface area contributed by atoms with Crippen LogP contribution in [0.1, 0.15) is 24.1 Å². The second kappa shape index (κ2) is 5.98. The van der Waals surface area contributed by atoms with E-state index in [-0.39, 0.29) is 11.9 Å². The van der Waals surface area contributed by atoms with Gasteiger partial charge in [-0.3, -0.25) is 0 Å². The van der Waals surface area contributed by atoms with Gasteiger partial charge in [0.05, 0.1) is 0 Å². The molecule has 1 atom stereocenters. The Morgan fingerprint density at radius 3 is 2.50 bits per heavy atom. The molecule has 2 aromatic rings. The highest BCUT2D eigenvalue weighted by molar-refractivity contribution is 6.31. The molecule has 94 valence electrons. The zero-order chi connectivity index (χ0) is 13.0. The Balaban J connectivity index is 2.03.